The van der Waals surface area contributed by atoms with Gasteiger partial charge in [-0.25, -0.2) is 8.42 Å². The van der Waals surface area contributed by atoms with E-state index in [9.17, 15) is 8.42 Å². The molecule has 0 aliphatic carbocycles. The lowest BCUT2D eigenvalue weighted by atomic mass is 10.2. The van der Waals surface area contributed by atoms with Gasteiger partial charge in [-0.2, -0.15) is 0 Å². The van der Waals surface area contributed by atoms with Gasteiger partial charge in [0.2, 0.25) is 0 Å². The molecule has 0 spiro atoms. The van der Waals surface area contributed by atoms with Crippen LogP contribution < -0.4 is 10.5 Å². The molecule has 5 nitrogen and oxygen atoms in total. The molecule has 2 aromatic carbocycles. The number of nitrogens with one attached hydrogen (secondary N) is 2. The van der Waals surface area contributed by atoms with Crippen molar-refractivity contribution in [2.75, 3.05) is 10.5 Å². The molecule has 3 aromatic rings. The number of aromatic nitrogens is 1. The smallest absolute Gasteiger partial charge is 0.261 e. The number of rotatable bonds is 3. The van der Waals surface area contributed by atoms with E-state index >= 15 is 0 Å². The molecular formula is C14H12BrN3O2S. The number of halogens is 1. The number of fused-ring (bicyclic) bond motifs is 1. The first kappa shape index (κ1) is 14.0. The molecule has 1 aromatic heterocycles. The lowest BCUT2D eigenvalue weighted by molar-refractivity contribution is 0.601. The van der Waals surface area contributed by atoms with Gasteiger partial charge in [-0.05, 0) is 58.4 Å². The molecule has 4 N–H and O–H groups in total. The fraction of sp³-hybridized carbons (Fsp3) is 0. The summed E-state index contributed by atoms with van der Waals surface area (Å²) in [5.41, 5.74) is 7.50. The van der Waals surface area contributed by atoms with Crippen LogP contribution in [0.3, 0.4) is 0 Å². The molecule has 21 heavy (non-hydrogen) atoms. The van der Waals surface area contributed by atoms with Gasteiger partial charge >= 0.3 is 0 Å². The molecule has 0 fully saturated rings. The summed E-state index contributed by atoms with van der Waals surface area (Å²) in [7, 11) is -3.65. The molecule has 1 heterocycles. The molecule has 0 atom stereocenters. The van der Waals surface area contributed by atoms with Crippen LogP contribution in [0.2, 0.25) is 0 Å². The van der Waals surface area contributed by atoms with Gasteiger partial charge in [0.15, 0.2) is 0 Å². The van der Waals surface area contributed by atoms with Crippen LogP contribution in [-0.2, 0) is 10.0 Å². The molecule has 0 unspecified atom stereocenters. The average Bonchev–Trinajstić information content (AvgIpc) is 2.86. The second kappa shape index (κ2) is 5.09. The Morgan fingerprint density at radius 3 is 2.52 bits per heavy atom. The summed E-state index contributed by atoms with van der Waals surface area (Å²) in [6.45, 7) is 0. The summed E-state index contributed by atoms with van der Waals surface area (Å²) >= 11 is 3.37. The monoisotopic (exact) mass is 365 g/mol. The first-order valence-electron chi connectivity index (χ1n) is 6.11. The fourth-order valence-corrected chi connectivity index (χ4v) is 3.65. The van der Waals surface area contributed by atoms with Gasteiger partial charge in [0.25, 0.3) is 10.0 Å². The highest BCUT2D eigenvalue weighted by Gasteiger charge is 2.16. The van der Waals surface area contributed by atoms with E-state index in [1.54, 1.807) is 24.4 Å². The van der Waals surface area contributed by atoms with Gasteiger partial charge in [-0.3, -0.25) is 4.72 Å². The summed E-state index contributed by atoms with van der Waals surface area (Å²) in [5, 5.41) is 0.924. The van der Waals surface area contributed by atoms with Gasteiger partial charge < -0.3 is 10.7 Å². The highest BCUT2D eigenvalue weighted by Crippen LogP contribution is 2.29. The normalized spacial score (nSPS) is 11.7. The largest absolute Gasteiger partial charge is 0.399 e. The Balaban J connectivity index is 2.00. The van der Waals surface area contributed by atoms with E-state index in [4.69, 9.17) is 5.73 Å². The van der Waals surface area contributed by atoms with Crippen molar-refractivity contribution >= 4 is 48.2 Å². The number of H-pyrrole nitrogens is 1. The van der Waals surface area contributed by atoms with E-state index in [1.807, 2.05) is 12.1 Å². The van der Waals surface area contributed by atoms with E-state index in [0.717, 1.165) is 10.9 Å². The number of aromatic amines is 1. The van der Waals surface area contributed by atoms with Crippen molar-refractivity contribution in [3.05, 3.63) is 53.1 Å². The zero-order chi connectivity index (χ0) is 15.0. The maximum Gasteiger partial charge on any atom is 0.261 e. The van der Waals surface area contributed by atoms with Crippen molar-refractivity contribution < 1.29 is 8.42 Å². The first-order chi connectivity index (χ1) is 9.95. The molecule has 7 heteroatoms. The third-order valence-corrected chi connectivity index (χ3v) is 5.11. The lowest BCUT2D eigenvalue weighted by Gasteiger charge is -2.10. The summed E-state index contributed by atoms with van der Waals surface area (Å²) in [5.74, 6) is 0. The minimum atomic E-state index is -3.65. The first-order valence-corrected chi connectivity index (χ1v) is 8.38. The lowest BCUT2D eigenvalue weighted by Crippen LogP contribution is -2.13. The summed E-state index contributed by atoms with van der Waals surface area (Å²) in [6, 6.07) is 11.5. The SMILES string of the molecule is Nc1ccc(S(=O)(=O)Nc2cc3cc[nH]c3cc2Br)cc1. The van der Waals surface area contributed by atoms with Crippen molar-refractivity contribution in [3.8, 4) is 0 Å². The summed E-state index contributed by atoms with van der Waals surface area (Å²) in [4.78, 5) is 3.23. The van der Waals surface area contributed by atoms with E-state index in [2.05, 4.69) is 25.6 Å². The van der Waals surface area contributed by atoms with Crippen LogP contribution in [-0.4, -0.2) is 13.4 Å². The predicted molar refractivity (Wildman–Crippen MR) is 87.7 cm³/mol. The zero-order valence-electron chi connectivity index (χ0n) is 10.8. The Morgan fingerprint density at radius 1 is 1.10 bits per heavy atom. The summed E-state index contributed by atoms with van der Waals surface area (Å²) < 4.78 is 28.0. The number of anilines is 2. The number of hydrogen-bond donors (Lipinski definition) is 3. The minimum Gasteiger partial charge on any atom is -0.399 e. The molecule has 0 aliphatic rings. The maximum absolute atomic E-state index is 12.4. The van der Waals surface area contributed by atoms with E-state index in [0.29, 0.717) is 15.8 Å². The standard InChI is InChI=1S/C14H12BrN3O2S/c15-12-8-13-9(5-6-17-13)7-14(12)18-21(19,20)11-3-1-10(16)2-4-11/h1-8,17-18H,16H2. The minimum absolute atomic E-state index is 0.165. The molecule has 0 amide bonds. The van der Waals surface area contributed by atoms with Crippen molar-refractivity contribution in [3.63, 3.8) is 0 Å². The highest BCUT2D eigenvalue weighted by molar-refractivity contribution is 9.10. The molecular weight excluding hydrogens is 354 g/mol. The fourth-order valence-electron chi connectivity index (χ4n) is 2.00. The third kappa shape index (κ3) is 2.74. The van der Waals surface area contributed by atoms with Gasteiger partial charge in [0.1, 0.15) is 0 Å². The van der Waals surface area contributed by atoms with Crippen molar-refractivity contribution in [1.82, 2.24) is 4.98 Å². The van der Waals surface area contributed by atoms with Gasteiger partial charge in [0.05, 0.1) is 10.6 Å². The highest BCUT2D eigenvalue weighted by atomic mass is 79.9. The molecule has 0 radical (unpaired) electrons. The molecule has 0 aliphatic heterocycles. The van der Waals surface area contributed by atoms with Gasteiger partial charge in [0, 0.05) is 27.3 Å². The Bertz CT molecular complexity index is 902. The van der Waals surface area contributed by atoms with Gasteiger partial charge in [-0.15, -0.1) is 0 Å². The predicted octanol–water partition coefficient (Wildman–Crippen LogP) is 3.31. The summed E-state index contributed by atoms with van der Waals surface area (Å²) in [6.07, 6.45) is 1.80. The third-order valence-electron chi connectivity index (χ3n) is 3.08. The Morgan fingerprint density at radius 2 is 1.81 bits per heavy atom. The van der Waals surface area contributed by atoms with Crippen LogP contribution in [0, 0.1) is 0 Å². The van der Waals surface area contributed by atoms with Crippen molar-refractivity contribution in [1.29, 1.82) is 0 Å². The molecule has 3 rings (SSSR count). The molecule has 0 bridgehead atoms. The van der Waals surface area contributed by atoms with E-state index < -0.39 is 10.0 Å². The van der Waals surface area contributed by atoms with Crippen LogP contribution >= 0.6 is 15.9 Å². The quantitative estimate of drug-likeness (QED) is 0.622. The molecule has 0 saturated carbocycles. The maximum atomic E-state index is 12.4. The number of sulfonamides is 1. The second-order valence-electron chi connectivity index (χ2n) is 4.57. The number of nitrogen functional groups attached to an aromatic ring is 1. The average molecular weight is 366 g/mol. The number of hydrogen-bond acceptors (Lipinski definition) is 3. The van der Waals surface area contributed by atoms with Crippen LogP contribution in [0.5, 0.6) is 0 Å². The van der Waals surface area contributed by atoms with Crippen molar-refractivity contribution in [2.45, 2.75) is 4.90 Å². The van der Waals surface area contributed by atoms with Gasteiger partial charge in [-0.1, -0.05) is 0 Å². The van der Waals surface area contributed by atoms with Crippen LogP contribution in [0.25, 0.3) is 10.9 Å². The second-order valence-corrected chi connectivity index (χ2v) is 7.11. The Hall–Kier alpha value is -1.99. The van der Waals surface area contributed by atoms with Crippen molar-refractivity contribution in [2.24, 2.45) is 0 Å². The van der Waals surface area contributed by atoms with E-state index in [-0.39, 0.29) is 4.90 Å². The van der Waals surface area contributed by atoms with Crippen LogP contribution in [0.1, 0.15) is 0 Å². The molecule has 108 valence electrons. The number of nitrogens with two attached hydrogens (primary N) is 1. The number of benzene rings is 2. The Labute approximate surface area is 130 Å². The van der Waals surface area contributed by atoms with Crippen LogP contribution in [0.4, 0.5) is 11.4 Å². The topological polar surface area (TPSA) is 88.0 Å². The zero-order valence-corrected chi connectivity index (χ0v) is 13.2. The molecule has 0 saturated heterocycles. The van der Waals surface area contributed by atoms with Crippen LogP contribution in [0.15, 0.2) is 58.0 Å². The Kier molecular flexibility index (Phi) is 3.38. The van der Waals surface area contributed by atoms with E-state index in [1.165, 1.54) is 12.1 Å².